The van der Waals surface area contributed by atoms with Crippen LogP contribution in [0.5, 0.6) is 0 Å². The molecule has 1 atom stereocenters. The second-order valence-electron chi connectivity index (χ2n) is 35.4. The lowest BCUT2D eigenvalue weighted by Gasteiger charge is -2.26. The molecule has 2 aliphatic rings. The summed E-state index contributed by atoms with van der Waals surface area (Å²) < 4.78 is 13.1. The standard InChI is InChI=1S/C17H22N6.C15H18N6.C14H23N7.2C14H16N6.C13H13ClN6.C13H21N7/c1-17(2,3)13-7-5-12(6-8-13)11-20-14-15-21-22-16(18-4)23(15)10-9-19-14;1-3-11-4-6-12(7-5-11)10-18-13-14-19-20-15(16-2)21(14)9-8-17-13;1-15-14-19-18-13-12(17-7-11-21(13)14)16-6-5-10-20-8-3-2-4-9-20;1-10-3-5-11(6-4-10)9-17-12-13-18-19-14(15-2)20(13)8-7-16-12;1-10-4-3-5-11(8-10)9-17-12-13-18-19-14(15-2)20(13)7-6-16-12;1-15-13-18-17-12-11(16-7-8-20(12)13)19(2)10-6-4-3-5-9(10)14;1-14-13-18-17-12-11(16-7-9-20(12)13)15-6-5-10-4-3-8-19(10)2/h5-10H,11H2,1-4H3,(H,18,22)(H,19,20);4-9H,3,10H2,1-2H3,(H,16,20)(H,17,18);7,11H,2-6,8-10H2,1H3,(H,15,19)(H,16,17);2*3-8H,9H2,1-2H3,(H,15,19)(H,16,17);3-8H,1-2H3,(H,15,18);7,9-10H,3-6,8H2,1-2H3,(H,14,18)(H,15,16). The zero-order chi connectivity index (χ0) is 102. The number of piperidine rings is 1. The van der Waals surface area contributed by atoms with Crippen molar-refractivity contribution in [3.8, 4) is 0 Å². The highest BCUT2D eigenvalue weighted by Gasteiger charge is 2.23. The lowest BCUT2D eigenvalue weighted by molar-refractivity contribution is 0.228. The van der Waals surface area contributed by atoms with Gasteiger partial charge in [0.05, 0.1) is 10.7 Å². The number of aromatic nitrogens is 28. The smallest absolute Gasteiger partial charge is 0.228 e. The van der Waals surface area contributed by atoms with Crippen LogP contribution in [0.3, 0.4) is 0 Å². The predicted octanol–water partition coefficient (Wildman–Crippen LogP) is 14.7. The highest BCUT2D eigenvalue weighted by Crippen LogP contribution is 2.33. The number of halogens is 1. The Morgan fingerprint density at radius 1 is 0.359 bits per heavy atom. The van der Waals surface area contributed by atoms with E-state index in [2.05, 4.69) is 331 Å². The summed E-state index contributed by atoms with van der Waals surface area (Å²) in [4.78, 5) is 37.4. The average molecular weight is 1980 g/mol. The van der Waals surface area contributed by atoms with Crippen LogP contribution in [0.4, 0.5) is 88.1 Å². The van der Waals surface area contributed by atoms with Crippen molar-refractivity contribution in [2.75, 3.05) is 177 Å². The first-order valence-electron chi connectivity index (χ1n) is 48.5. The molecule has 19 aromatic rings. The Morgan fingerprint density at radius 3 is 1.08 bits per heavy atom. The zero-order valence-electron chi connectivity index (χ0n) is 84.7. The van der Waals surface area contributed by atoms with E-state index in [9.17, 15) is 0 Å². The molecule has 0 saturated carbocycles. The van der Waals surface area contributed by atoms with Gasteiger partial charge in [0.1, 0.15) is 0 Å². The van der Waals surface area contributed by atoms with Gasteiger partial charge in [-0.05, 0) is 143 Å². The number of hydrogen-bond acceptors (Lipinski definition) is 37. The molecule has 756 valence electrons. The van der Waals surface area contributed by atoms with Crippen molar-refractivity contribution in [2.24, 2.45) is 0 Å². The molecular formula is C100H129ClN44. The summed E-state index contributed by atoms with van der Waals surface area (Å²) in [5, 5.41) is 99.3. The van der Waals surface area contributed by atoms with E-state index >= 15 is 0 Å². The fourth-order valence-corrected chi connectivity index (χ4v) is 16.7. The van der Waals surface area contributed by atoms with E-state index in [4.69, 9.17) is 11.6 Å². The highest BCUT2D eigenvalue weighted by molar-refractivity contribution is 6.33. The molecule has 21 rings (SSSR count). The van der Waals surface area contributed by atoms with Crippen LogP contribution >= 0.6 is 11.6 Å². The normalized spacial score (nSPS) is 12.9. The number of hydrogen-bond donors (Lipinski definition) is 13. The summed E-state index contributed by atoms with van der Waals surface area (Å²) in [5.41, 5.74) is 16.1. The number of fused-ring (bicyclic) bond motifs is 7. The molecule has 0 bridgehead atoms. The molecular weight excluding hydrogens is 1850 g/mol. The molecule has 2 saturated heterocycles. The van der Waals surface area contributed by atoms with E-state index in [-0.39, 0.29) is 5.41 Å². The maximum atomic E-state index is 6.23. The number of aryl methyl sites for hydroxylation is 3. The third-order valence-corrected chi connectivity index (χ3v) is 24.8. The van der Waals surface area contributed by atoms with Crippen molar-refractivity contribution in [1.82, 2.24) is 147 Å². The average Bonchev–Trinajstić information content (AvgIpc) is 1.49. The predicted molar refractivity (Wildman–Crippen MR) is 577 cm³/mol. The van der Waals surface area contributed by atoms with Crippen molar-refractivity contribution in [3.63, 3.8) is 0 Å². The van der Waals surface area contributed by atoms with Crippen LogP contribution in [0, 0.1) is 13.8 Å². The van der Waals surface area contributed by atoms with Crippen molar-refractivity contribution in [2.45, 2.75) is 131 Å². The summed E-state index contributed by atoms with van der Waals surface area (Å²) in [6, 6.07) is 42.3. The quantitative estimate of drug-likeness (QED) is 0.0179. The number of benzene rings is 5. The van der Waals surface area contributed by atoms with E-state index in [0.29, 0.717) is 101 Å². The van der Waals surface area contributed by atoms with Gasteiger partial charge in [0.25, 0.3) is 0 Å². The third kappa shape index (κ3) is 26.2. The first-order chi connectivity index (χ1) is 70.7. The molecule has 0 amide bonds. The van der Waals surface area contributed by atoms with Crippen molar-refractivity contribution in [1.29, 1.82) is 0 Å². The Hall–Kier alpha value is -16.6. The number of nitrogens with zero attached hydrogens (tertiary/aromatic N) is 31. The molecule has 16 heterocycles. The molecule has 0 radical (unpaired) electrons. The van der Waals surface area contributed by atoms with Crippen molar-refractivity contribution < 1.29 is 0 Å². The third-order valence-electron chi connectivity index (χ3n) is 24.5. The SMILES string of the molecule is CCc1ccc(CNc2nccn3c(NC)nnc23)cc1.CNc1nnc2c(N(C)c3ccccc3Cl)nccn12.CNc1nnc2c(NCCC3CCCN3C)nccn12.CNc1nnc2c(NCCCN3CCCCC3)nccn12.CNc1nnc2c(NCc3ccc(C(C)(C)C)cc3)nccn12.CNc1nnc2c(NCc3ccc(C)cc3)nccn12.CNc1nnc2c(NCc3cccc(C)c3)nccn12. The molecule has 13 N–H and O–H groups in total. The van der Waals surface area contributed by atoms with Crippen molar-refractivity contribution >= 4 is 139 Å². The number of anilines is 15. The van der Waals surface area contributed by atoms with E-state index in [1.54, 1.807) is 50.4 Å². The van der Waals surface area contributed by atoms with Crippen LogP contribution in [0.25, 0.3) is 39.5 Å². The molecule has 0 aliphatic carbocycles. The van der Waals surface area contributed by atoms with E-state index in [1.807, 2.05) is 153 Å². The van der Waals surface area contributed by atoms with E-state index in [1.165, 1.54) is 96.2 Å². The molecule has 44 nitrogen and oxygen atoms in total. The minimum atomic E-state index is 0.171. The minimum Gasteiger partial charge on any atom is -0.367 e. The Labute approximate surface area is 846 Å². The Morgan fingerprint density at radius 2 is 0.710 bits per heavy atom. The Bertz CT molecular complexity index is 7300. The zero-order valence-corrected chi connectivity index (χ0v) is 85.4. The van der Waals surface area contributed by atoms with Crippen LogP contribution in [0.15, 0.2) is 208 Å². The lowest BCUT2D eigenvalue weighted by atomic mass is 9.87. The summed E-state index contributed by atoms with van der Waals surface area (Å²) in [7, 11) is 16.8. The summed E-state index contributed by atoms with van der Waals surface area (Å²) in [6.07, 6.45) is 35.0. The molecule has 2 fully saturated rings. The largest absolute Gasteiger partial charge is 0.367 e. The fraction of sp³-hybridized carbons (Fsp3) is 0.350. The molecule has 14 aromatic heterocycles. The minimum absolute atomic E-state index is 0.171. The first kappa shape index (κ1) is 103. The fourth-order valence-electron chi connectivity index (χ4n) is 16.5. The summed E-state index contributed by atoms with van der Waals surface area (Å²) in [6.45, 7) is 22.5. The lowest BCUT2D eigenvalue weighted by Crippen LogP contribution is -2.31. The van der Waals surface area contributed by atoms with Gasteiger partial charge >= 0.3 is 0 Å². The topological polar surface area (TPSA) is 468 Å². The van der Waals surface area contributed by atoms with Gasteiger partial charge in [0.2, 0.25) is 81.2 Å². The van der Waals surface area contributed by atoms with Crippen LogP contribution in [0.2, 0.25) is 5.02 Å². The van der Waals surface area contributed by atoms with Crippen LogP contribution < -0.4 is 74.0 Å². The van der Waals surface area contributed by atoms with Gasteiger partial charge in [0.15, 0.2) is 40.7 Å². The van der Waals surface area contributed by atoms with E-state index in [0.717, 1.165) is 103 Å². The van der Waals surface area contributed by atoms with E-state index < -0.39 is 0 Å². The molecule has 1 unspecified atom stereocenters. The maximum Gasteiger partial charge on any atom is 0.228 e. The van der Waals surface area contributed by atoms with Gasteiger partial charge in [-0.15, -0.1) is 71.4 Å². The van der Waals surface area contributed by atoms with Gasteiger partial charge < -0.3 is 83.8 Å². The summed E-state index contributed by atoms with van der Waals surface area (Å²) in [5.74, 6) is 10.1. The molecule has 2 aliphatic heterocycles. The molecule has 5 aromatic carbocycles. The number of rotatable bonds is 31. The highest BCUT2D eigenvalue weighted by atomic mass is 35.5. The van der Waals surface area contributed by atoms with Gasteiger partial charge in [-0.2, -0.15) is 0 Å². The second-order valence-corrected chi connectivity index (χ2v) is 35.8. The summed E-state index contributed by atoms with van der Waals surface area (Å²) >= 11 is 6.23. The van der Waals surface area contributed by atoms with Gasteiger partial charge in [-0.1, -0.05) is 166 Å². The number of likely N-dealkylation sites (tertiary alicyclic amines) is 2. The monoisotopic (exact) mass is 1980 g/mol. The van der Waals surface area contributed by atoms with Gasteiger partial charge in [-0.25, -0.2) is 34.9 Å². The number of nitrogens with one attached hydrogen (secondary N) is 13. The molecule has 45 heteroatoms. The van der Waals surface area contributed by atoms with Crippen LogP contribution in [-0.4, -0.2) is 256 Å². The Balaban J connectivity index is 0.000000127. The van der Waals surface area contributed by atoms with Crippen LogP contribution in [-0.2, 0) is 38.0 Å². The molecule has 0 spiro atoms. The van der Waals surface area contributed by atoms with Gasteiger partial charge in [-0.3, -0.25) is 30.8 Å². The van der Waals surface area contributed by atoms with Crippen LogP contribution in [0.1, 0.15) is 117 Å². The second kappa shape index (κ2) is 50.2. The van der Waals surface area contributed by atoms with Crippen molar-refractivity contribution in [3.05, 3.63) is 258 Å². The molecule has 145 heavy (non-hydrogen) atoms. The Kier molecular flexibility index (Phi) is 35.5. The van der Waals surface area contributed by atoms with Gasteiger partial charge in [0, 0.05) is 188 Å². The first-order valence-corrected chi connectivity index (χ1v) is 48.9. The maximum absolute atomic E-state index is 6.23. The number of para-hydroxylation sites is 1.